The number of benzene rings is 2. The molecule has 0 amide bonds. The fraction of sp³-hybridized carbons (Fsp3) is 0. The van der Waals surface area contributed by atoms with Crippen LogP contribution in [0.15, 0.2) is 30.3 Å². The molecule has 17 heavy (non-hydrogen) atoms. The standard InChI is InChI=1S/C11H6FIO4/c12-8-3-1-2-7-6(8)4-5-9(13(16)17)10(7)11(14)15/h1-5H,(H,14,15). The molecule has 0 radical (unpaired) electrons. The molecule has 0 saturated carbocycles. The van der Waals surface area contributed by atoms with E-state index in [2.05, 4.69) is 0 Å². The highest BCUT2D eigenvalue weighted by atomic mass is 127. The second-order valence-electron chi connectivity index (χ2n) is 3.28. The van der Waals surface area contributed by atoms with Crippen molar-refractivity contribution in [1.82, 2.24) is 0 Å². The van der Waals surface area contributed by atoms with E-state index in [9.17, 15) is 15.3 Å². The zero-order valence-electron chi connectivity index (χ0n) is 8.31. The maximum absolute atomic E-state index is 13.4. The van der Waals surface area contributed by atoms with Gasteiger partial charge in [-0.15, -0.1) is 0 Å². The molecule has 0 aliphatic rings. The van der Waals surface area contributed by atoms with E-state index in [1.165, 1.54) is 24.3 Å². The molecule has 2 rings (SSSR count). The van der Waals surface area contributed by atoms with Crippen LogP contribution in [0.25, 0.3) is 10.8 Å². The van der Waals surface area contributed by atoms with E-state index in [1.807, 2.05) is 0 Å². The number of carboxylic acid groups (broad SMARTS) is 1. The Bertz CT molecular complexity index is 683. The Balaban J connectivity index is 2.99. The summed E-state index contributed by atoms with van der Waals surface area (Å²) in [7, 11) is 0. The van der Waals surface area contributed by atoms with E-state index in [-0.39, 0.29) is 19.9 Å². The molecule has 88 valence electrons. The lowest BCUT2D eigenvalue weighted by Gasteiger charge is -2.05. The van der Waals surface area contributed by atoms with Gasteiger partial charge in [-0.2, -0.15) is 0 Å². The molecule has 0 atom stereocenters. The van der Waals surface area contributed by atoms with Gasteiger partial charge in [0.2, 0.25) is 0 Å². The summed E-state index contributed by atoms with van der Waals surface area (Å²) in [4.78, 5) is 11.1. The first-order chi connectivity index (χ1) is 8.02. The second kappa shape index (κ2) is 4.36. The van der Waals surface area contributed by atoms with Crippen molar-refractivity contribution in [3.63, 3.8) is 0 Å². The van der Waals surface area contributed by atoms with E-state index >= 15 is 0 Å². The van der Waals surface area contributed by atoms with Gasteiger partial charge in [0, 0.05) is 10.8 Å². The van der Waals surface area contributed by atoms with Crippen LogP contribution in [0.5, 0.6) is 0 Å². The molecule has 1 N–H and O–H groups in total. The summed E-state index contributed by atoms with van der Waals surface area (Å²) in [5.74, 6) is -1.95. The van der Waals surface area contributed by atoms with Gasteiger partial charge in [-0.3, -0.25) is 0 Å². The minimum atomic E-state index is -3.92. The van der Waals surface area contributed by atoms with E-state index in [0.717, 1.165) is 6.07 Å². The van der Waals surface area contributed by atoms with Crippen LogP contribution in [-0.2, 0) is 6.14 Å². The van der Waals surface area contributed by atoms with Gasteiger partial charge < -0.3 is 5.11 Å². The molecule has 0 bridgehead atoms. The average Bonchev–Trinajstić information content (AvgIpc) is 2.27. The Morgan fingerprint density at radius 2 is 1.82 bits per heavy atom. The van der Waals surface area contributed by atoms with Crippen LogP contribution in [-0.4, -0.2) is 11.1 Å². The van der Waals surface area contributed by atoms with Crippen molar-refractivity contribution in [1.29, 1.82) is 0 Å². The Morgan fingerprint density at radius 3 is 2.41 bits per heavy atom. The van der Waals surface area contributed by atoms with Gasteiger partial charge in [0.25, 0.3) is 0 Å². The number of rotatable bonds is 2. The molecule has 2 aromatic carbocycles. The van der Waals surface area contributed by atoms with E-state index in [1.54, 1.807) is 0 Å². The average molecular weight is 348 g/mol. The van der Waals surface area contributed by atoms with Crippen LogP contribution in [0.2, 0.25) is 0 Å². The van der Waals surface area contributed by atoms with Crippen molar-refractivity contribution in [2.24, 2.45) is 0 Å². The van der Waals surface area contributed by atoms with Gasteiger partial charge in [0.1, 0.15) is 5.82 Å². The number of hydrogen-bond acceptors (Lipinski definition) is 3. The summed E-state index contributed by atoms with van der Waals surface area (Å²) in [5, 5.41) is 9.23. The topological polar surface area (TPSA) is 71.4 Å². The van der Waals surface area contributed by atoms with Gasteiger partial charge >= 0.3 is 25.8 Å². The van der Waals surface area contributed by atoms with Crippen LogP contribution >= 0.6 is 19.8 Å². The van der Waals surface area contributed by atoms with Crippen molar-refractivity contribution in [2.75, 3.05) is 0 Å². The predicted octanol–water partition coefficient (Wildman–Crippen LogP) is 3.04. The summed E-state index contributed by atoms with van der Waals surface area (Å²) in [6, 6.07) is 6.36. The normalized spacial score (nSPS) is 10.9. The molecule has 0 unspecified atom stereocenters. The highest BCUT2D eigenvalue weighted by Crippen LogP contribution is 2.30. The third kappa shape index (κ3) is 1.99. The highest BCUT2D eigenvalue weighted by molar-refractivity contribution is 14.2. The van der Waals surface area contributed by atoms with Gasteiger partial charge in [0.05, 0.1) is 9.13 Å². The first-order valence-corrected chi connectivity index (χ1v) is 7.36. The lowest BCUT2D eigenvalue weighted by Crippen LogP contribution is -2.02. The molecule has 0 aliphatic carbocycles. The minimum absolute atomic E-state index is 0.101. The van der Waals surface area contributed by atoms with Crippen LogP contribution in [0.4, 0.5) is 4.39 Å². The number of hydrogen-bond donors (Lipinski definition) is 1. The Kier molecular flexibility index (Phi) is 3.05. The molecule has 0 spiro atoms. The predicted molar refractivity (Wildman–Crippen MR) is 65.0 cm³/mol. The highest BCUT2D eigenvalue weighted by Gasteiger charge is 2.18. The van der Waals surface area contributed by atoms with Crippen LogP contribution < -0.4 is 0 Å². The van der Waals surface area contributed by atoms with E-state index in [0.29, 0.717) is 0 Å². The number of carbonyl (C=O) groups is 1. The number of halogens is 2. The largest absolute Gasteiger partial charge is 0.478 e. The summed E-state index contributed by atoms with van der Waals surface area (Å²) in [6.45, 7) is 0. The Hall–Kier alpha value is -1.57. The first kappa shape index (κ1) is 11.9. The Morgan fingerprint density at radius 1 is 1.12 bits per heavy atom. The molecule has 2 aromatic rings. The fourth-order valence-corrected chi connectivity index (χ4v) is 3.07. The molecule has 0 heterocycles. The van der Waals surface area contributed by atoms with Crippen molar-refractivity contribution in [3.05, 3.63) is 45.3 Å². The molecule has 0 fully saturated rings. The molecule has 0 aliphatic heterocycles. The molecular formula is C11H6FIO4. The lowest BCUT2D eigenvalue weighted by atomic mass is 10.0. The summed E-state index contributed by atoms with van der Waals surface area (Å²) in [6.07, 6.45) is 0. The number of carboxylic acids is 1. The smallest absolute Gasteiger partial charge is 0.341 e. The third-order valence-corrected chi connectivity index (χ3v) is 4.19. The first-order valence-electron chi connectivity index (χ1n) is 4.52. The number of aromatic carboxylic acids is 1. The van der Waals surface area contributed by atoms with E-state index < -0.39 is 31.6 Å². The Labute approximate surface area is 102 Å². The fourth-order valence-electron chi connectivity index (χ4n) is 1.64. The molecular weight excluding hydrogens is 342 g/mol. The van der Waals surface area contributed by atoms with Crippen molar-refractivity contribution in [3.8, 4) is 0 Å². The third-order valence-electron chi connectivity index (χ3n) is 2.34. The van der Waals surface area contributed by atoms with Gasteiger partial charge in [-0.1, -0.05) is 18.2 Å². The maximum Gasteiger partial charge on any atom is 0.341 e. The zero-order chi connectivity index (χ0) is 12.6. The second-order valence-corrected chi connectivity index (χ2v) is 5.68. The monoisotopic (exact) mass is 348 g/mol. The summed E-state index contributed by atoms with van der Waals surface area (Å²) in [5.41, 5.74) is -0.350. The summed E-state index contributed by atoms with van der Waals surface area (Å²) < 4.78 is 35.3. The SMILES string of the molecule is O=C(O)c1c(I(=O)=O)ccc2c(F)cccc12. The van der Waals surface area contributed by atoms with Crippen molar-refractivity contribution in [2.45, 2.75) is 0 Å². The molecule has 0 aromatic heterocycles. The quantitative estimate of drug-likeness (QED) is 0.847. The van der Waals surface area contributed by atoms with Crippen LogP contribution in [0.1, 0.15) is 10.4 Å². The number of fused-ring (bicyclic) bond motifs is 1. The van der Waals surface area contributed by atoms with Gasteiger partial charge in [-0.05, 0) is 12.1 Å². The van der Waals surface area contributed by atoms with E-state index in [4.69, 9.17) is 5.11 Å². The zero-order valence-corrected chi connectivity index (χ0v) is 10.5. The summed E-state index contributed by atoms with van der Waals surface area (Å²) >= 11 is -3.92. The lowest BCUT2D eigenvalue weighted by molar-refractivity contribution is 0.0698. The van der Waals surface area contributed by atoms with Crippen LogP contribution in [0.3, 0.4) is 0 Å². The van der Waals surface area contributed by atoms with Crippen molar-refractivity contribution < 1.29 is 20.4 Å². The maximum atomic E-state index is 13.4. The molecule has 4 nitrogen and oxygen atoms in total. The van der Waals surface area contributed by atoms with Gasteiger partial charge in [-0.25, -0.2) is 15.3 Å². The van der Waals surface area contributed by atoms with Crippen LogP contribution in [0, 0.1) is 9.39 Å². The van der Waals surface area contributed by atoms with Gasteiger partial charge in [0.15, 0.2) is 0 Å². The van der Waals surface area contributed by atoms with Crippen molar-refractivity contribution >= 4 is 36.5 Å². The molecule has 0 saturated heterocycles. The minimum Gasteiger partial charge on any atom is -0.478 e. The molecule has 6 heteroatoms.